The van der Waals surface area contributed by atoms with Crippen LogP contribution in [-0.2, 0) is 10.8 Å². The zero-order valence-corrected chi connectivity index (χ0v) is 50.7. The SMILES string of the molecule is CC1(C)c2cc(-c3cc(N(c4ccc(-c5ccccc5)cc4)c4cccc5c4oc4ccccc45)cc(N(c4ccc(-c5ccccc5)cc4)c4cccc5c4oc4ccccc45)c3)ccc2-c2c1ccc1c2-c2ccccc2C12c1ccccc1-c1ccccc12. The maximum atomic E-state index is 7.01. The molecule has 2 heterocycles. The maximum Gasteiger partial charge on any atom is 0.159 e. The van der Waals surface area contributed by atoms with Crippen LogP contribution < -0.4 is 9.80 Å². The van der Waals surface area contributed by atoms with E-state index >= 15 is 0 Å². The van der Waals surface area contributed by atoms with Gasteiger partial charge in [-0.3, -0.25) is 0 Å². The van der Waals surface area contributed by atoms with Crippen molar-refractivity contribution in [3.63, 3.8) is 0 Å². The Bertz CT molecular complexity index is 5410. The van der Waals surface area contributed by atoms with E-state index in [9.17, 15) is 0 Å². The van der Waals surface area contributed by atoms with Crippen LogP contribution in [0.4, 0.5) is 34.1 Å². The highest BCUT2D eigenvalue weighted by Crippen LogP contribution is 2.66. The van der Waals surface area contributed by atoms with Crippen LogP contribution in [-0.4, -0.2) is 0 Å². The van der Waals surface area contributed by atoms with Crippen LogP contribution in [0.25, 0.3) is 111 Å². The van der Waals surface area contributed by atoms with Crippen molar-refractivity contribution in [3.05, 3.63) is 349 Å². The normalized spacial score (nSPS) is 13.5. The highest BCUT2D eigenvalue weighted by molar-refractivity contribution is 6.13. The fourth-order valence-corrected chi connectivity index (χ4v) is 16.1. The molecule has 4 heteroatoms. The average molecular weight is 1180 g/mol. The summed E-state index contributed by atoms with van der Waals surface area (Å²) in [7, 11) is 0. The summed E-state index contributed by atoms with van der Waals surface area (Å²) >= 11 is 0. The lowest BCUT2D eigenvalue weighted by Gasteiger charge is -2.31. The Labute approximate surface area is 533 Å². The summed E-state index contributed by atoms with van der Waals surface area (Å²) in [6, 6.07) is 116. The third kappa shape index (κ3) is 7.52. The number of benzene rings is 14. The Morgan fingerprint density at radius 3 is 1.18 bits per heavy atom. The Kier molecular flexibility index (Phi) is 11.3. The number of rotatable bonds is 9. The molecule has 0 fully saturated rings. The quantitative estimate of drug-likeness (QED) is 0.144. The Morgan fingerprint density at radius 2 is 0.652 bits per heavy atom. The third-order valence-corrected chi connectivity index (χ3v) is 20.3. The smallest absolute Gasteiger partial charge is 0.159 e. The van der Waals surface area contributed by atoms with Gasteiger partial charge in [0.15, 0.2) is 11.2 Å². The summed E-state index contributed by atoms with van der Waals surface area (Å²) in [5.74, 6) is 0. The van der Waals surface area contributed by atoms with Crippen molar-refractivity contribution in [2.75, 3.05) is 9.80 Å². The summed E-state index contributed by atoms with van der Waals surface area (Å²) in [5.41, 5.74) is 31.0. The molecule has 0 atom stereocenters. The lowest BCUT2D eigenvalue weighted by atomic mass is 9.70. The van der Waals surface area contributed by atoms with Crippen LogP contribution in [0.1, 0.15) is 47.2 Å². The molecule has 14 aromatic carbocycles. The van der Waals surface area contributed by atoms with Crippen molar-refractivity contribution in [1.29, 1.82) is 0 Å². The summed E-state index contributed by atoms with van der Waals surface area (Å²) in [4.78, 5) is 4.79. The van der Waals surface area contributed by atoms with E-state index in [1.807, 2.05) is 0 Å². The first-order valence-electron chi connectivity index (χ1n) is 31.9. The minimum absolute atomic E-state index is 0.348. The molecule has 2 aromatic heterocycles. The summed E-state index contributed by atoms with van der Waals surface area (Å²) < 4.78 is 14.0. The zero-order valence-electron chi connectivity index (χ0n) is 50.7. The van der Waals surface area contributed by atoms with E-state index in [1.54, 1.807) is 0 Å². The molecule has 0 radical (unpaired) electrons. The van der Waals surface area contributed by atoms with Gasteiger partial charge in [-0.1, -0.05) is 257 Å². The highest BCUT2D eigenvalue weighted by Gasteiger charge is 2.53. The van der Waals surface area contributed by atoms with E-state index in [-0.39, 0.29) is 5.41 Å². The number of para-hydroxylation sites is 4. The Morgan fingerprint density at radius 1 is 0.250 bits per heavy atom. The number of nitrogens with zero attached hydrogens (tertiary/aromatic N) is 2. The molecule has 19 rings (SSSR count). The first kappa shape index (κ1) is 52.2. The second-order valence-electron chi connectivity index (χ2n) is 25.4. The molecule has 16 aromatic rings. The molecule has 3 aliphatic carbocycles. The molecule has 0 bridgehead atoms. The Balaban J connectivity index is 0.863. The van der Waals surface area contributed by atoms with Gasteiger partial charge in [0, 0.05) is 49.7 Å². The largest absolute Gasteiger partial charge is 0.454 e. The predicted octanol–water partition coefficient (Wildman–Crippen LogP) is 24.1. The van der Waals surface area contributed by atoms with E-state index in [0.717, 1.165) is 111 Å². The molecule has 0 saturated heterocycles. The van der Waals surface area contributed by atoms with Crippen LogP contribution in [0.15, 0.2) is 324 Å². The molecule has 1 spiro atoms. The fraction of sp³-hybridized carbons (Fsp3) is 0.0455. The van der Waals surface area contributed by atoms with E-state index in [4.69, 9.17) is 8.83 Å². The standard InChI is InChI=1S/C88H58N2O2/c1-87(2)76-49-50-77-84(71-29-11-16-34-75(71)88(77)73-32-14-9-25-65(73)66-26-10-15-33-74(66)88)83(76)72-48-43-59(53-78(72)87)60-51-63(89(61-44-39-57(40-45-61)55-21-5-3-6-22-55)79-35-19-30-69-67-27-12-17-37-81(67)91-85(69)79)54-64(52-60)90(62-46-41-58(42-47-62)56-23-7-4-8-24-56)80-36-20-31-70-68-28-13-18-38-82(68)92-86(70)80/h3-54H,1-2H3. The van der Waals surface area contributed by atoms with Gasteiger partial charge in [0.1, 0.15) is 11.2 Å². The molecule has 432 valence electrons. The van der Waals surface area contributed by atoms with Gasteiger partial charge in [-0.05, 0) is 173 Å². The van der Waals surface area contributed by atoms with Gasteiger partial charge in [-0.2, -0.15) is 0 Å². The number of hydrogen-bond acceptors (Lipinski definition) is 4. The maximum absolute atomic E-state index is 7.01. The van der Waals surface area contributed by atoms with Gasteiger partial charge in [-0.15, -0.1) is 0 Å². The summed E-state index contributed by atoms with van der Waals surface area (Å²) in [5, 5.41) is 4.26. The monoisotopic (exact) mass is 1170 g/mol. The zero-order chi connectivity index (χ0) is 60.8. The number of furan rings is 2. The average Bonchev–Trinajstić information content (AvgIpc) is 1.50. The molecule has 92 heavy (non-hydrogen) atoms. The molecule has 0 unspecified atom stereocenters. The van der Waals surface area contributed by atoms with E-state index in [0.29, 0.717) is 0 Å². The topological polar surface area (TPSA) is 32.8 Å². The third-order valence-electron chi connectivity index (χ3n) is 20.3. The molecular weight excluding hydrogens is 1120 g/mol. The minimum atomic E-state index is -0.446. The molecule has 0 saturated carbocycles. The van der Waals surface area contributed by atoms with E-state index in [2.05, 4.69) is 339 Å². The molecular formula is C88H58N2O2. The highest BCUT2D eigenvalue weighted by atomic mass is 16.3. The van der Waals surface area contributed by atoms with Crippen LogP contribution in [0.5, 0.6) is 0 Å². The van der Waals surface area contributed by atoms with Gasteiger partial charge in [0.2, 0.25) is 0 Å². The van der Waals surface area contributed by atoms with Gasteiger partial charge in [-0.25, -0.2) is 0 Å². The number of anilines is 6. The first-order valence-corrected chi connectivity index (χ1v) is 31.9. The van der Waals surface area contributed by atoms with Crippen LogP contribution in [0.3, 0.4) is 0 Å². The lowest BCUT2D eigenvalue weighted by Crippen LogP contribution is -2.26. The van der Waals surface area contributed by atoms with Crippen LogP contribution >= 0.6 is 0 Å². The van der Waals surface area contributed by atoms with Gasteiger partial charge in [0.25, 0.3) is 0 Å². The van der Waals surface area contributed by atoms with Crippen molar-refractivity contribution in [1.82, 2.24) is 0 Å². The first-order chi connectivity index (χ1) is 45.4. The lowest BCUT2D eigenvalue weighted by molar-refractivity contribution is 0.660. The van der Waals surface area contributed by atoms with Crippen molar-refractivity contribution in [2.24, 2.45) is 0 Å². The van der Waals surface area contributed by atoms with Gasteiger partial charge < -0.3 is 18.6 Å². The second kappa shape index (κ2) is 19.9. The summed E-state index contributed by atoms with van der Waals surface area (Å²) in [6.45, 7) is 4.85. The van der Waals surface area contributed by atoms with Gasteiger partial charge >= 0.3 is 0 Å². The van der Waals surface area contributed by atoms with Crippen molar-refractivity contribution in [2.45, 2.75) is 24.7 Å². The van der Waals surface area contributed by atoms with Crippen molar-refractivity contribution < 1.29 is 8.83 Å². The van der Waals surface area contributed by atoms with E-state index < -0.39 is 5.41 Å². The molecule has 0 N–H and O–H groups in total. The molecule has 4 nitrogen and oxygen atoms in total. The number of hydrogen-bond donors (Lipinski definition) is 0. The fourth-order valence-electron chi connectivity index (χ4n) is 16.1. The predicted molar refractivity (Wildman–Crippen MR) is 381 cm³/mol. The van der Waals surface area contributed by atoms with Gasteiger partial charge in [0.05, 0.1) is 16.8 Å². The van der Waals surface area contributed by atoms with Crippen LogP contribution in [0.2, 0.25) is 0 Å². The van der Waals surface area contributed by atoms with Crippen LogP contribution in [0, 0.1) is 0 Å². The van der Waals surface area contributed by atoms with E-state index in [1.165, 1.54) is 66.8 Å². The Hall–Kier alpha value is -11.7. The summed E-state index contributed by atoms with van der Waals surface area (Å²) in [6.07, 6.45) is 0. The molecule has 0 amide bonds. The number of fused-ring (bicyclic) bond motifs is 20. The molecule has 0 aliphatic heterocycles. The van der Waals surface area contributed by atoms with Crippen molar-refractivity contribution >= 4 is 78.0 Å². The molecule has 3 aliphatic rings. The second-order valence-corrected chi connectivity index (χ2v) is 25.4. The minimum Gasteiger partial charge on any atom is -0.454 e. The van der Waals surface area contributed by atoms with Crippen molar-refractivity contribution in [3.8, 4) is 66.8 Å².